The van der Waals surface area contributed by atoms with Crippen molar-refractivity contribution in [2.45, 2.75) is 17.8 Å². The molecule has 0 bridgehead atoms. The maximum absolute atomic E-state index is 14.8. The number of thioether (sulfide) groups is 1. The molecule has 0 atom stereocenters. The van der Waals surface area contributed by atoms with E-state index in [1.54, 1.807) is 47.3 Å². The minimum atomic E-state index is -0.363. The number of carbonyl (C=O) groups excluding carboxylic acids is 1. The highest BCUT2D eigenvalue weighted by Crippen LogP contribution is 2.30. The zero-order valence-electron chi connectivity index (χ0n) is 19.4. The van der Waals surface area contributed by atoms with Crippen LogP contribution in [0.2, 0.25) is 0 Å². The van der Waals surface area contributed by atoms with Crippen LogP contribution in [-0.2, 0) is 5.75 Å². The van der Waals surface area contributed by atoms with Crippen molar-refractivity contribution in [2.75, 3.05) is 5.32 Å². The molecule has 1 amide bonds. The van der Waals surface area contributed by atoms with Gasteiger partial charge in [-0.05, 0) is 66.6 Å². The molecule has 2 heterocycles. The summed E-state index contributed by atoms with van der Waals surface area (Å²) in [5.41, 5.74) is 4.57. The number of pyridine rings is 1. The lowest BCUT2D eigenvalue weighted by Crippen LogP contribution is -2.11. The van der Waals surface area contributed by atoms with Gasteiger partial charge in [-0.25, -0.2) is 4.39 Å². The van der Waals surface area contributed by atoms with Crippen LogP contribution in [0.1, 0.15) is 21.5 Å². The summed E-state index contributed by atoms with van der Waals surface area (Å²) < 4.78 is 16.5. The Balaban J connectivity index is 1.35. The molecule has 0 aliphatic heterocycles. The predicted octanol–water partition coefficient (Wildman–Crippen LogP) is 6.32. The summed E-state index contributed by atoms with van der Waals surface area (Å²) in [5, 5.41) is 12.2. The minimum absolute atomic E-state index is 0.166. The number of hydrogen-bond acceptors (Lipinski definition) is 5. The molecule has 2 aromatic heterocycles. The van der Waals surface area contributed by atoms with Gasteiger partial charge in [-0.1, -0.05) is 48.2 Å². The van der Waals surface area contributed by atoms with E-state index in [2.05, 4.69) is 20.5 Å². The lowest BCUT2D eigenvalue weighted by atomic mass is 10.1. The molecular weight excluding hydrogens is 473 g/mol. The summed E-state index contributed by atoms with van der Waals surface area (Å²) in [6, 6.07) is 25.3. The van der Waals surface area contributed by atoms with Crippen LogP contribution in [0.15, 0.2) is 102 Å². The van der Waals surface area contributed by atoms with Gasteiger partial charge in [0.05, 0.1) is 5.69 Å². The van der Waals surface area contributed by atoms with Crippen molar-refractivity contribution in [3.05, 3.63) is 120 Å². The van der Waals surface area contributed by atoms with Crippen LogP contribution in [-0.4, -0.2) is 25.7 Å². The molecule has 0 spiro atoms. The second kappa shape index (κ2) is 10.5. The summed E-state index contributed by atoms with van der Waals surface area (Å²) in [6.45, 7) is 1.98. The van der Waals surface area contributed by atoms with Crippen molar-refractivity contribution < 1.29 is 9.18 Å². The van der Waals surface area contributed by atoms with Gasteiger partial charge in [-0.15, -0.1) is 10.2 Å². The Morgan fingerprint density at radius 3 is 2.47 bits per heavy atom. The third-order valence-corrected chi connectivity index (χ3v) is 6.53. The van der Waals surface area contributed by atoms with Gasteiger partial charge < -0.3 is 5.32 Å². The summed E-state index contributed by atoms with van der Waals surface area (Å²) in [5.74, 6) is 0.579. The molecular formula is C28H22FN5OS. The summed E-state index contributed by atoms with van der Waals surface area (Å²) in [6.07, 6.45) is 3.33. The standard InChI is InChI=1S/C28H22FN5OS/c1-19-5-4-6-23(17-19)31-27(35)22-11-9-20(10-12-22)18-36-28-33-32-26(21-13-15-30-16-14-21)34(28)25-8-3-2-7-24(25)29/h2-17H,18H2,1H3,(H,31,35). The molecule has 6 nitrogen and oxygen atoms in total. The van der Waals surface area contributed by atoms with Crippen molar-refractivity contribution in [3.63, 3.8) is 0 Å². The van der Waals surface area contributed by atoms with E-state index >= 15 is 0 Å². The van der Waals surface area contributed by atoms with E-state index in [9.17, 15) is 9.18 Å². The molecule has 8 heteroatoms. The fraction of sp³-hybridized carbons (Fsp3) is 0.0714. The zero-order valence-corrected chi connectivity index (χ0v) is 20.2. The SMILES string of the molecule is Cc1cccc(NC(=O)c2ccc(CSc3nnc(-c4ccncc4)n3-c3ccccc3F)cc2)c1. The van der Waals surface area contributed by atoms with Gasteiger partial charge in [0, 0.05) is 35.0 Å². The quantitative estimate of drug-likeness (QED) is 0.268. The van der Waals surface area contributed by atoms with E-state index in [4.69, 9.17) is 0 Å². The van der Waals surface area contributed by atoms with Crippen LogP contribution in [0.4, 0.5) is 10.1 Å². The van der Waals surface area contributed by atoms with E-state index in [0.29, 0.717) is 28.0 Å². The molecule has 0 aliphatic rings. The minimum Gasteiger partial charge on any atom is -0.322 e. The second-order valence-electron chi connectivity index (χ2n) is 8.14. The van der Waals surface area contributed by atoms with Crippen LogP contribution < -0.4 is 5.32 Å². The number of amides is 1. The van der Waals surface area contributed by atoms with Crippen LogP contribution in [0.25, 0.3) is 17.1 Å². The molecule has 1 N–H and O–H groups in total. The first-order chi connectivity index (χ1) is 17.6. The number of nitrogens with one attached hydrogen (secondary N) is 1. The van der Waals surface area contributed by atoms with Crippen LogP contribution in [0, 0.1) is 12.7 Å². The summed E-state index contributed by atoms with van der Waals surface area (Å²) in [4.78, 5) is 16.7. The Bertz CT molecular complexity index is 1500. The molecule has 5 aromatic rings. The van der Waals surface area contributed by atoms with Gasteiger partial charge >= 0.3 is 0 Å². The number of aryl methyl sites for hydroxylation is 1. The van der Waals surface area contributed by atoms with Crippen LogP contribution in [0.5, 0.6) is 0 Å². The summed E-state index contributed by atoms with van der Waals surface area (Å²) >= 11 is 1.44. The molecule has 0 saturated heterocycles. The first-order valence-corrected chi connectivity index (χ1v) is 12.3. The highest BCUT2D eigenvalue weighted by molar-refractivity contribution is 7.98. The third kappa shape index (κ3) is 5.18. The number of hydrogen-bond donors (Lipinski definition) is 1. The number of anilines is 1. The molecule has 0 unspecified atom stereocenters. The Kier molecular flexibility index (Phi) is 6.86. The predicted molar refractivity (Wildman–Crippen MR) is 140 cm³/mol. The van der Waals surface area contributed by atoms with Crippen LogP contribution >= 0.6 is 11.8 Å². The van der Waals surface area contributed by atoms with E-state index in [-0.39, 0.29) is 11.7 Å². The van der Waals surface area contributed by atoms with Crippen molar-refractivity contribution >= 4 is 23.4 Å². The molecule has 178 valence electrons. The fourth-order valence-corrected chi connectivity index (χ4v) is 4.63. The molecule has 5 rings (SSSR count). The van der Waals surface area contributed by atoms with Gasteiger partial charge in [0.2, 0.25) is 0 Å². The van der Waals surface area contributed by atoms with Crippen molar-refractivity contribution in [2.24, 2.45) is 0 Å². The van der Waals surface area contributed by atoms with Gasteiger partial charge in [-0.2, -0.15) is 0 Å². The zero-order chi connectivity index (χ0) is 24.9. The maximum atomic E-state index is 14.8. The van der Waals surface area contributed by atoms with Gasteiger partial charge in [0.15, 0.2) is 11.0 Å². The topological polar surface area (TPSA) is 72.7 Å². The Hall–Kier alpha value is -4.30. The average Bonchev–Trinajstić information content (AvgIpc) is 3.32. The first kappa shape index (κ1) is 23.4. The first-order valence-electron chi connectivity index (χ1n) is 11.3. The largest absolute Gasteiger partial charge is 0.322 e. The molecule has 0 fully saturated rings. The van der Waals surface area contributed by atoms with Crippen molar-refractivity contribution in [3.8, 4) is 17.1 Å². The molecule has 0 radical (unpaired) electrons. The molecule has 3 aromatic carbocycles. The van der Waals surface area contributed by atoms with E-state index in [0.717, 1.165) is 22.4 Å². The number of para-hydroxylation sites is 1. The lowest BCUT2D eigenvalue weighted by Gasteiger charge is -2.11. The monoisotopic (exact) mass is 495 g/mol. The second-order valence-corrected chi connectivity index (χ2v) is 9.08. The fourth-order valence-electron chi connectivity index (χ4n) is 3.73. The number of aromatic nitrogens is 4. The maximum Gasteiger partial charge on any atom is 0.255 e. The van der Waals surface area contributed by atoms with E-state index < -0.39 is 0 Å². The number of benzene rings is 3. The van der Waals surface area contributed by atoms with Crippen molar-refractivity contribution in [1.82, 2.24) is 19.7 Å². The number of carbonyl (C=O) groups is 1. The van der Waals surface area contributed by atoms with E-state index in [1.165, 1.54) is 17.8 Å². The smallest absolute Gasteiger partial charge is 0.255 e. The number of nitrogens with zero attached hydrogens (tertiary/aromatic N) is 4. The third-order valence-electron chi connectivity index (χ3n) is 5.53. The Morgan fingerprint density at radius 2 is 1.72 bits per heavy atom. The number of rotatable bonds is 7. The normalized spacial score (nSPS) is 10.8. The average molecular weight is 496 g/mol. The highest BCUT2D eigenvalue weighted by atomic mass is 32.2. The number of halogens is 1. The summed E-state index contributed by atoms with van der Waals surface area (Å²) in [7, 11) is 0. The lowest BCUT2D eigenvalue weighted by molar-refractivity contribution is 0.102. The molecule has 0 aliphatic carbocycles. The van der Waals surface area contributed by atoms with Crippen molar-refractivity contribution in [1.29, 1.82) is 0 Å². The highest BCUT2D eigenvalue weighted by Gasteiger charge is 2.18. The Labute approximate surface area is 212 Å². The van der Waals surface area contributed by atoms with Gasteiger partial charge in [0.1, 0.15) is 5.82 Å². The van der Waals surface area contributed by atoms with E-state index in [1.807, 2.05) is 55.5 Å². The Morgan fingerprint density at radius 1 is 0.944 bits per heavy atom. The van der Waals surface area contributed by atoms with Gasteiger partial charge in [-0.3, -0.25) is 14.3 Å². The molecule has 0 saturated carbocycles. The van der Waals surface area contributed by atoms with Gasteiger partial charge in [0.25, 0.3) is 5.91 Å². The van der Waals surface area contributed by atoms with Crippen LogP contribution in [0.3, 0.4) is 0 Å². The molecule has 36 heavy (non-hydrogen) atoms.